The first-order chi connectivity index (χ1) is 13.1. The molecule has 1 aliphatic carbocycles. The molecule has 0 bridgehead atoms. The molecule has 0 radical (unpaired) electrons. The number of nitrogens with one attached hydrogen (secondary N) is 2. The van der Waals surface area contributed by atoms with Crippen molar-refractivity contribution in [1.82, 2.24) is 5.32 Å². The third-order valence-corrected chi connectivity index (χ3v) is 5.08. The number of anilines is 1. The molecule has 1 aliphatic rings. The third kappa shape index (κ3) is 4.73. The molecule has 1 fully saturated rings. The summed E-state index contributed by atoms with van der Waals surface area (Å²) >= 11 is 0. The van der Waals surface area contributed by atoms with Crippen LogP contribution in [0, 0.1) is 0 Å². The Morgan fingerprint density at radius 2 is 1.74 bits per heavy atom. The van der Waals surface area contributed by atoms with Gasteiger partial charge < -0.3 is 20.1 Å². The summed E-state index contributed by atoms with van der Waals surface area (Å²) < 4.78 is 10.7. The SMILES string of the molecule is COc1ccc(-c2cc(N[C@H](C)C(=O)NC3CCCC3)ccc2OC)cc1. The quantitative estimate of drug-likeness (QED) is 0.768. The van der Waals surface area contributed by atoms with Crippen molar-refractivity contribution in [2.45, 2.75) is 44.7 Å². The summed E-state index contributed by atoms with van der Waals surface area (Å²) in [6, 6.07) is 13.7. The van der Waals surface area contributed by atoms with E-state index >= 15 is 0 Å². The van der Waals surface area contributed by atoms with Crippen molar-refractivity contribution in [3.8, 4) is 22.6 Å². The molecular weight excluding hydrogens is 340 g/mol. The van der Waals surface area contributed by atoms with E-state index in [1.165, 1.54) is 12.8 Å². The fourth-order valence-electron chi connectivity index (χ4n) is 3.51. The normalized spacial score (nSPS) is 15.2. The zero-order valence-corrected chi connectivity index (χ0v) is 16.2. The van der Waals surface area contributed by atoms with Gasteiger partial charge in [0.05, 0.1) is 14.2 Å². The van der Waals surface area contributed by atoms with Crippen LogP contribution in [0.1, 0.15) is 32.6 Å². The van der Waals surface area contributed by atoms with Gasteiger partial charge in [0, 0.05) is 17.3 Å². The summed E-state index contributed by atoms with van der Waals surface area (Å²) in [6.07, 6.45) is 4.58. The fourth-order valence-corrected chi connectivity index (χ4v) is 3.51. The Bertz CT molecular complexity index is 768. The second-order valence-electron chi connectivity index (χ2n) is 7.00. The molecular formula is C22H28N2O3. The lowest BCUT2D eigenvalue weighted by Gasteiger charge is -2.19. The van der Waals surface area contributed by atoms with E-state index in [4.69, 9.17) is 9.47 Å². The standard InChI is InChI=1S/C22H28N2O3/c1-15(22(25)24-17-6-4-5-7-17)23-18-10-13-21(27-3)20(14-18)16-8-11-19(26-2)12-9-16/h8-15,17,23H,4-7H2,1-3H3,(H,24,25)/t15-/m1/s1. The Balaban J connectivity index is 1.74. The van der Waals surface area contributed by atoms with Crippen LogP contribution in [0.15, 0.2) is 42.5 Å². The minimum atomic E-state index is -0.303. The highest BCUT2D eigenvalue weighted by molar-refractivity contribution is 5.85. The predicted octanol–water partition coefficient (Wildman–Crippen LogP) is 4.23. The van der Waals surface area contributed by atoms with Gasteiger partial charge in [0.25, 0.3) is 0 Å². The second-order valence-corrected chi connectivity index (χ2v) is 7.00. The highest BCUT2D eigenvalue weighted by Crippen LogP contribution is 2.33. The lowest BCUT2D eigenvalue weighted by molar-refractivity contribution is -0.122. The number of carbonyl (C=O) groups is 1. The summed E-state index contributed by atoms with van der Waals surface area (Å²) in [4.78, 5) is 12.4. The Hall–Kier alpha value is -2.69. The van der Waals surface area contributed by atoms with Gasteiger partial charge in [0.2, 0.25) is 5.91 Å². The first kappa shape index (κ1) is 19.1. The van der Waals surface area contributed by atoms with Gasteiger partial charge in [0.1, 0.15) is 17.5 Å². The van der Waals surface area contributed by atoms with Crippen LogP contribution < -0.4 is 20.1 Å². The summed E-state index contributed by atoms with van der Waals surface area (Å²) in [5, 5.41) is 6.45. The van der Waals surface area contributed by atoms with Crippen LogP contribution in [0.2, 0.25) is 0 Å². The van der Waals surface area contributed by atoms with E-state index in [0.717, 1.165) is 41.2 Å². The highest BCUT2D eigenvalue weighted by Gasteiger charge is 2.20. The molecule has 1 saturated carbocycles. The zero-order valence-electron chi connectivity index (χ0n) is 16.2. The molecule has 3 rings (SSSR count). The molecule has 144 valence electrons. The van der Waals surface area contributed by atoms with Gasteiger partial charge in [-0.15, -0.1) is 0 Å². The van der Waals surface area contributed by atoms with Gasteiger partial charge >= 0.3 is 0 Å². The highest BCUT2D eigenvalue weighted by atomic mass is 16.5. The third-order valence-electron chi connectivity index (χ3n) is 5.08. The van der Waals surface area contributed by atoms with E-state index in [9.17, 15) is 4.79 Å². The van der Waals surface area contributed by atoms with Crippen LogP contribution in [-0.2, 0) is 4.79 Å². The molecule has 1 amide bonds. The van der Waals surface area contributed by atoms with Crippen LogP contribution in [0.3, 0.4) is 0 Å². The minimum Gasteiger partial charge on any atom is -0.497 e. The topological polar surface area (TPSA) is 59.6 Å². The van der Waals surface area contributed by atoms with Gasteiger partial charge in [-0.1, -0.05) is 25.0 Å². The van der Waals surface area contributed by atoms with E-state index < -0.39 is 0 Å². The van der Waals surface area contributed by atoms with Crippen molar-refractivity contribution >= 4 is 11.6 Å². The average molecular weight is 368 g/mol. The van der Waals surface area contributed by atoms with Crippen molar-refractivity contribution in [2.75, 3.05) is 19.5 Å². The van der Waals surface area contributed by atoms with Gasteiger partial charge in [-0.05, 0) is 55.7 Å². The first-order valence-corrected chi connectivity index (χ1v) is 9.50. The number of carbonyl (C=O) groups excluding carboxylic acids is 1. The Kier molecular flexibility index (Phi) is 6.22. The van der Waals surface area contributed by atoms with E-state index in [-0.39, 0.29) is 11.9 Å². The molecule has 0 spiro atoms. The van der Waals surface area contributed by atoms with Crippen LogP contribution >= 0.6 is 0 Å². The second kappa shape index (κ2) is 8.80. The smallest absolute Gasteiger partial charge is 0.242 e. The number of hydrogen-bond acceptors (Lipinski definition) is 4. The summed E-state index contributed by atoms with van der Waals surface area (Å²) in [7, 11) is 3.31. The van der Waals surface area contributed by atoms with E-state index in [1.54, 1.807) is 14.2 Å². The number of rotatable bonds is 7. The number of methoxy groups -OCH3 is 2. The molecule has 2 aromatic carbocycles. The van der Waals surface area contributed by atoms with Gasteiger partial charge in [-0.25, -0.2) is 0 Å². The van der Waals surface area contributed by atoms with Crippen molar-refractivity contribution in [1.29, 1.82) is 0 Å². The van der Waals surface area contributed by atoms with Crippen LogP contribution in [0.25, 0.3) is 11.1 Å². The predicted molar refractivity (Wildman–Crippen MR) is 108 cm³/mol. The first-order valence-electron chi connectivity index (χ1n) is 9.50. The zero-order chi connectivity index (χ0) is 19.2. The number of ether oxygens (including phenoxy) is 2. The summed E-state index contributed by atoms with van der Waals surface area (Å²) in [6.45, 7) is 1.89. The molecule has 0 aliphatic heterocycles. The molecule has 2 aromatic rings. The van der Waals surface area contributed by atoms with E-state index in [1.807, 2.05) is 49.4 Å². The number of hydrogen-bond donors (Lipinski definition) is 2. The molecule has 0 aromatic heterocycles. The Labute approximate surface area is 161 Å². The lowest BCUT2D eigenvalue weighted by atomic mass is 10.0. The average Bonchev–Trinajstić information content (AvgIpc) is 3.21. The molecule has 0 saturated heterocycles. The van der Waals surface area contributed by atoms with Gasteiger partial charge in [0.15, 0.2) is 0 Å². The van der Waals surface area contributed by atoms with Crippen molar-refractivity contribution in [3.05, 3.63) is 42.5 Å². The molecule has 2 N–H and O–H groups in total. The Morgan fingerprint density at radius 1 is 1.04 bits per heavy atom. The van der Waals surface area contributed by atoms with E-state index in [0.29, 0.717) is 6.04 Å². The molecule has 27 heavy (non-hydrogen) atoms. The molecule has 0 heterocycles. The Morgan fingerprint density at radius 3 is 2.37 bits per heavy atom. The van der Waals surface area contributed by atoms with Gasteiger partial charge in [-0.2, -0.15) is 0 Å². The maximum absolute atomic E-state index is 12.4. The maximum atomic E-state index is 12.4. The molecule has 5 heteroatoms. The van der Waals surface area contributed by atoms with E-state index in [2.05, 4.69) is 10.6 Å². The summed E-state index contributed by atoms with van der Waals surface area (Å²) in [5.74, 6) is 1.64. The monoisotopic (exact) mass is 368 g/mol. The van der Waals surface area contributed by atoms with Crippen molar-refractivity contribution < 1.29 is 14.3 Å². The maximum Gasteiger partial charge on any atom is 0.242 e. The number of benzene rings is 2. The van der Waals surface area contributed by atoms with Crippen LogP contribution in [-0.4, -0.2) is 32.2 Å². The molecule has 0 unspecified atom stereocenters. The lowest BCUT2D eigenvalue weighted by Crippen LogP contribution is -2.42. The summed E-state index contributed by atoms with van der Waals surface area (Å²) in [5.41, 5.74) is 2.88. The minimum absolute atomic E-state index is 0.0451. The largest absolute Gasteiger partial charge is 0.497 e. The van der Waals surface area contributed by atoms with Crippen LogP contribution in [0.5, 0.6) is 11.5 Å². The van der Waals surface area contributed by atoms with Crippen LogP contribution in [0.4, 0.5) is 5.69 Å². The molecule has 1 atom stereocenters. The van der Waals surface area contributed by atoms with Crippen molar-refractivity contribution in [2.24, 2.45) is 0 Å². The fraction of sp³-hybridized carbons (Fsp3) is 0.409. The van der Waals surface area contributed by atoms with Gasteiger partial charge in [-0.3, -0.25) is 4.79 Å². The molecule has 5 nitrogen and oxygen atoms in total. The number of amides is 1. The van der Waals surface area contributed by atoms with Crippen molar-refractivity contribution in [3.63, 3.8) is 0 Å².